The number of thiophene rings is 1. The number of carbonyl (C=O) groups is 1. The molecule has 0 N–H and O–H groups in total. The molecule has 2 aliphatic heterocycles. The van der Waals surface area contributed by atoms with Gasteiger partial charge in [-0.3, -0.25) is 14.9 Å². The number of amides is 1. The molecule has 178 valence electrons. The lowest BCUT2D eigenvalue weighted by atomic mass is 9.99. The summed E-state index contributed by atoms with van der Waals surface area (Å²) in [4.78, 5) is 28.9. The molecule has 1 atom stereocenters. The van der Waals surface area contributed by atoms with Gasteiger partial charge in [0.15, 0.2) is 0 Å². The molecule has 0 bridgehead atoms. The number of carbonyl (C=O) groups excluding carboxylic acids is 1. The highest BCUT2D eigenvalue weighted by Crippen LogP contribution is 2.33. The van der Waals surface area contributed by atoms with E-state index in [1.165, 1.54) is 21.7 Å². The van der Waals surface area contributed by atoms with Crippen molar-refractivity contribution in [2.45, 2.75) is 30.9 Å². The largest absolute Gasteiger partial charge is 0.366 e. The molecular weight excluding hydrogens is 464 g/mol. The van der Waals surface area contributed by atoms with Crippen LogP contribution in [0.5, 0.6) is 0 Å². The normalized spacial score (nSPS) is 20.1. The van der Waals surface area contributed by atoms with Crippen LogP contribution < -0.4 is 4.90 Å². The molecule has 2 aliphatic rings. The molecule has 1 amide bonds. The van der Waals surface area contributed by atoms with Gasteiger partial charge in [-0.1, -0.05) is 6.92 Å². The summed E-state index contributed by atoms with van der Waals surface area (Å²) >= 11 is 1.23. The molecule has 9 nitrogen and oxygen atoms in total. The number of piperidine rings is 1. The van der Waals surface area contributed by atoms with Crippen molar-refractivity contribution in [2.24, 2.45) is 5.92 Å². The third kappa shape index (κ3) is 4.90. The van der Waals surface area contributed by atoms with Crippen LogP contribution in [-0.4, -0.2) is 67.7 Å². The summed E-state index contributed by atoms with van der Waals surface area (Å²) in [5, 5.41) is 11.8. The Kier molecular flexibility index (Phi) is 6.73. The Morgan fingerprint density at radius 2 is 1.85 bits per heavy atom. The van der Waals surface area contributed by atoms with Gasteiger partial charge >= 0.3 is 0 Å². The van der Waals surface area contributed by atoms with Crippen molar-refractivity contribution in [3.05, 3.63) is 50.9 Å². The minimum Gasteiger partial charge on any atom is -0.366 e. The number of rotatable bonds is 5. The molecule has 1 aromatic heterocycles. The summed E-state index contributed by atoms with van der Waals surface area (Å²) < 4.78 is 27.4. The van der Waals surface area contributed by atoms with E-state index in [0.29, 0.717) is 15.8 Å². The highest BCUT2D eigenvalue weighted by molar-refractivity contribution is 7.91. The SMILES string of the molecule is Cc1ccc(S(=O)(=O)N2CCN(C(=O)c3ccc(N4CCCC(C)C4)c([N+](=O)[O-])c3)CC2)s1. The summed E-state index contributed by atoms with van der Waals surface area (Å²) in [6.45, 7) is 6.37. The number of nitro benzene ring substituents is 1. The maximum absolute atomic E-state index is 13.1. The highest BCUT2D eigenvalue weighted by atomic mass is 32.2. The number of sulfonamides is 1. The predicted octanol–water partition coefficient (Wildman–Crippen LogP) is 3.35. The smallest absolute Gasteiger partial charge is 0.293 e. The highest BCUT2D eigenvalue weighted by Gasteiger charge is 2.32. The average Bonchev–Trinajstić information content (AvgIpc) is 3.25. The van der Waals surface area contributed by atoms with E-state index in [-0.39, 0.29) is 43.3 Å². The Morgan fingerprint density at radius 1 is 1.12 bits per heavy atom. The first-order valence-electron chi connectivity index (χ1n) is 11.1. The second kappa shape index (κ2) is 9.40. The maximum atomic E-state index is 13.1. The number of nitrogens with zero attached hydrogens (tertiary/aromatic N) is 4. The number of hydrogen-bond donors (Lipinski definition) is 0. The van der Waals surface area contributed by atoms with Crippen LogP contribution in [-0.2, 0) is 10.0 Å². The van der Waals surface area contributed by atoms with Crippen molar-refractivity contribution in [3.63, 3.8) is 0 Å². The summed E-state index contributed by atoms with van der Waals surface area (Å²) in [6, 6.07) is 8.05. The van der Waals surface area contributed by atoms with Crippen molar-refractivity contribution >= 4 is 38.6 Å². The van der Waals surface area contributed by atoms with Crippen molar-refractivity contribution in [1.29, 1.82) is 0 Å². The Labute approximate surface area is 197 Å². The second-order valence-electron chi connectivity index (χ2n) is 8.72. The third-order valence-electron chi connectivity index (χ3n) is 6.25. The minimum atomic E-state index is -3.58. The molecule has 2 saturated heterocycles. The summed E-state index contributed by atoms with van der Waals surface area (Å²) in [5.74, 6) is 0.144. The van der Waals surface area contributed by atoms with Gasteiger partial charge in [0, 0.05) is 55.8 Å². The third-order valence-corrected chi connectivity index (χ3v) is 9.62. The van der Waals surface area contributed by atoms with Gasteiger partial charge in [-0.15, -0.1) is 11.3 Å². The van der Waals surface area contributed by atoms with Crippen LogP contribution in [0, 0.1) is 23.0 Å². The molecule has 0 radical (unpaired) electrons. The molecule has 4 rings (SSSR count). The van der Waals surface area contributed by atoms with Crippen LogP contribution in [0.15, 0.2) is 34.5 Å². The fourth-order valence-electron chi connectivity index (χ4n) is 4.47. The monoisotopic (exact) mass is 492 g/mol. The molecule has 0 spiro atoms. The fourth-order valence-corrected chi connectivity index (χ4v) is 7.33. The molecule has 11 heteroatoms. The number of benzene rings is 1. The van der Waals surface area contributed by atoms with Gasteiger partial charge in [0.05, 0.1) is 4.92 Å². The van der Waals surface area contributed by atoms with Crippen LogP contribution in [0.1, 0.15) is 35.0 Å². The zero-order valence-electron chi connectivity index (χ0n) is 18.8. The number of aryl methyl sites for hydroxylation is 1. The van der Waals surface area contributed by atoms with Gasteiger partial charge in [0.25, 0.3) is 21.6 Å². The van der Waals surface area contributed by atoms with E-state index in [2.05, 4.69) is 6.92 Å². The topological polar surface area (TPSA) is 104 Å². The molecule has 1 aromatic carbocycles. The standard InChI is InChI=1S/C22H28N4O5S2/c1-16-4-3-9-24(15-16)19-7-6-18(14-20(19)26(28)29)22(27)23-10-12-25(13-11-23)33(30,31)21-8-5-17(2)32-21/h5-8,14,16H,3-4,9-13,15H2,1-2H3. The lowest BCUT2D eigenvalue weighted by molar-refractivity contribution is -0.384. The molecular formula is C22H28N4O5S2. The van der Waals surface area contributed by atoms with Gasteiger partial charge in [-0.25, -0.2) is 8.42 Å². The van der Waals surface area contributed by atoms with Gasteiger partial charge in [0.1, 0.15) is 9.90 Å². The number of piperazine rings is 1. The molecule has 33 heavy (non-hydrogen) atoms. The van der Waals surface area contributed by atoms with E-state index in [1.54, 1.807) is 29.2 Å². The Morgan fingerprint density at radius 3 is 2.45 bits per heavy atom. The minimum absolute atomic E-state index is 0.0655. The first-order chi connectivity index (χ1) is 15.7. The van der Waals surface area contributed by atoms with E-state index < -0.39 is 14.9 Å². The van der Waals surface area contributed by atoms with Crippen molar-refractivity contribution in [3.8, 4) is 0 Å². The molecule has 3 heterocycles. The van der Waals surface area contributed by atoms with Crippen molar-refractivity contribution < 1.29 is 18.1 Å². The second-order valence-corrected chi connectivity index (χ2v) is 12.2. The zero-order chi connectivity index (χ0) is 23.8. The zero-order valence-corrected chi connectivity index (χ0v) is 20.4. The molecule has 1 unspecified atom stereocenters. The van der Waals surface area contributed by atoms with E-state index >= 15 is 0 Å². The van der Waals surface area contributed by atoms with E-state index in [4.69, 9.17) is 0 Å². The van der Waals surface area contributed by atoms with Crippen LogP contribution in [0.25, 0.3) is 0 Å². The molecule has 2 aromatic rings. The summed E-state index contributed by atoms with van der Waals surface area (Å²) in [7, 11) is -3.58. The van der Waals surface area contributed by atoms with Gasteiger partial charge in [-0.05, 0) is 49.9 Å². The molecule has 0 aliphatic carbocycles. The quantitative estimate of drug-likeness (QED) is 0.468. The van der Waals surface area contributed by atoms with Crippen molar-refractivity contribution in [2.75, 3.05) is 44.2 Å². The lowest BCUT2D eigenvalue weighted by Gasteiger charge is -2.34. The first-order valence-corrected chi connectivity index (χ1v) is 13.3. The number of hydrogen-bond acceptors (Lipinski definition) is 7. The summed E-state index contributed by atoms with van der Waals surface area (Å²) in [6.07, 6.45) is 2.09. The average molecular weight is 493 g/mol. The maximum Gasteiger partial charge on any atom is 0.293 e. The van der Waals surface area contributed by atoms with E-state index in [9.17, 15) is 23.3 Å². The lowest BCUT2D eigenvalue weighted by Crippen LogP contribution is -2.50. The fraction of sp³-hybridized carbons (Fsp3) is 0.500. The van der Waals surface area contributed by atoms with Gasteiger partial charge < -0.3 is 9.80 Å². The Balaban J connectivity index is 1.47. The molecule has 0 saturated carbocycles. The Bertz CT molecular complexity index is 1160. The van der Waals surface area contributed by atoms with Crippen molar-refractivity contribution in [1.82, 2.24) is 9.21 Å². The van der Waals surface area contributed by atoms with Gasteiger partial charge in [-0.2, -0.15) is 4.31 Å². The Hall–Kier alpha value is -2.50. The van der Waals surface area contributed by atoms with Gasteiger partial charge in [0.2, 0.25) is 0 Å². The van der Waals surface area contributed by atoms with E-state index in [1.807, 2.05) is 11.8 Å². The van der Waals surface area contributed by atoms with Crippen LogP contribution >= 0.6 is 11.3 Å². The van der Waals surface area contributed by atoms with E-state index in [0.717, 1.165) is 30.8 Å². The summed E-state index contributed by atoms with van der Waals surface area (Å²) in [5.41, 5.74) is 0.732. The van der Waals surface area contributed by atoms with Crippen LogP contribution in [0.3, 0.4) is 0 Å². The number of nitro groups is 1. The van der Waals surface area contributed by atoms with Crippen LogP contribution in [0.4, 0.5) is 11.4 Å². The molecule has 2 fully saturated rings. The predicted molar refractivity (Wildman–Crippen MR) is 127 cm³/mol. The number of anilines is 1. The van der Waals surface area contributed by atoms with Crippen LogP contribution in [0.2, 0.25) is 0 Å². The first kappa shape index (κ1) is 23.7.